The Bertz CT molecular complexity index is 782. The fourth-order valence-electron chi connectivity index (χ4n) is 2.81. The van der Waals surface area contributed by atoms with Crippen LogP contribution in [0.2, 0.25) is 0 Å². The summed E-state index contributed by atoms with van der Waals surface area (Å²) < 4.78 is 2.29. The Morgan fingerprint density at radius 2 is 2.08 bits per heavy atom. The van der Waals surface area contributed by atoms with Gasteiger partial charge >= 0.3 is 0 Å². The summed E-state index contributed by atoms with van der Waals surface area (Å²) in [6.45, 7) is 6.12. The van der Waals surface area contributed by atoms with Gasteiger partial charge in [-0.25, -0.2) is 14.3 Å². The molecule has 3 N–H and O–H groups in total. The van der Waals surface area contributed by atoms with Crippen LogP contribution < -0.4 is 10.6 Å². The Morgan fingerprint density at radius 3 is 2.69 bits per heavy atom. The van der Waals surface area contributed by atoms with Gasteiger partial charge in [-0.1, -0.05) is 12.0 Å². The number of hydrogen-bond donors (Lipinski definition) is 2. The quantitative estimate of drug-likeness (QED) is 0.632. The third-order valence-corrected chi connectivity index (χ3v) is 5.24. The minimum absolute atomic E-state index is 0.0629. The number of nitrogens with two attached hydrogens (primary N) is 1. The first kappa shape index (κ1) is 18.5. The van der Waals surface area contributed by atoms with E-state index in [1.807, 2.05) is 31.2 Å². The number of hydrogen-bond acceptors (Lipinski definition) is 7. The van der Waals surface area contributed by atoms with Crippen LogP contribution >= 0.6 is 11.9 Å². The van der Waals surface area contributed by atoms with Crippen molar-refractivity contribution in [1.82, 2.24) is 14.3 Å². The van der Waals surface area contributed by atoms with E-state index in [4.69, 9.17) is 5.73 Å². The van der Waals surface area contributed by atoms with Crippen molar-refractivity contribution in [1.29, 1.82) is 0 Å². The molecule has 2 aromatic heterocycles. The zero-order chi connectivity index (χ0) is 18.5. The second-order valence-corrected chi connectivity index (χ2v) is 7.30. The lowest BCUT2D eigenvalue weighted by atomic mass is 10.1. The third-order valence-electron chi connectivity index (χ3n) is 4.20. The van der Waals surface area contributed by atoms with E-state index >= 15 is 0 Å². The lowest BCUT2D eigenvalue weighted by Gasteiger charge is -2.39. The van der Waals surface area contributed by atoms with E-state index in [0.717, 1.165) is 35.9 Å². The Morgan fingerprint density at radius 1 is 1.23 bits per heavy atom. The van der Waals surface area contributed by atoms with Crippen LogP contribution in [0.1, 0.15) is 25.5 Å². The molecule has 1 saturated heterocycles. The molecule has 2 aromatic rings. The van der Waals surface area contributed by atoms with Crippen LogP contribution in [0, 0.1) is 11.8 Å². The first-order valence-corrected chi connectivity index (χ1v) is 9.31. The zero-order valence-electron chi connectivity index (χ0n) is 15.0. The molecule has 1 unspecified atom stereocenters. The van der Waals surface area contributed by atoms with Crippen molar-refractivity contribution in [3.05, 3.63) is 42.2 Å². The molecule has 26 heavy (non-hydrogen) atoms. The normalized spacial score (nSPS) is 18.9. The van der Waals surface area contributed by atoms with Gasteiger partial charge in [-0.3, -0.25) is 0 Å². The number of piperazine rings is 1. The van der Waals surface area contributed by atoms with Crippen LogP contribution in [-0.4, -0.2) is 45.1 Å². The van der Waals surface area contributed by atoms with Crippen molar-refractivity contribution in [2.75, 3.05) is 30.3 Å². The number of aliphatic hydroxyl groups is 1. The average molecular weight is 369 g/mol. The predicted octanol–water partition coefficient (Wildman–Crippen LogP) is 2.33. The van der Waals surface area contributed by atoms with E-state index in [-0.39, 0.29) is 6.04 Å². The first-order valence-electron chi connectivity index (χ1n) is 8.54. The molecule has 2 atom stereocenters. The highest BCUT2D eigenvalue weighted by Crippen LogP contribution is 2.27. The number of aromatic nitrogens is 2. The molecular weight excluding hydrogens is 346 g/mol. The summed E-state index contributed by atoms with van der Waals surface area (Å²) >= 11 is 1.67. The minimum Gasteiger partial charge on any atom is -0.389 e. The van der Waals surface area contributed by atoms with E-state index in [2.05, 4.69) is 31.0 Å². The maximum absolute atomic E-state index is 9.65. The molecule has 6 nitrogen and oxygen atoms in total. The summed E-state index contributed by atoms with van der Waals surface area (Å²) in [6, 6.07) is 7.74. The molecule has 0 spiro atoms. The molecule has 0 radical (unpaired) electrons. The Balaban J connectivity index is 1.71. The van der Waals surface area contributed by atoms with E-state index in [1.165, 1.54) is 0 Å². The lowest BCUT2D eigenvalue weighted by molar-refractivity contribution is 0.199. The number of nitrogen functional groups attached to an aromatic ring is 1. The molecule has 7 heteroatoms. The number of nitrogens with zero attached hydrogens (tertiary/aromatic N) is 4. The van der Waals surface area contributed by atoms with Gasteiger partial charge < -0.3 is 15.7 Å². The fraction of sp³-hybridized carbons (Fsp3) is 0.368. The van der Waals surface area contributed by atoms with Crippen molar-refractivity contribution in [2.45, 2.75) is 30.9 Å². The molecule has 0 saturated carbocycles. The Labute approximate surface area is 158 Å². The molecule has 0 bridgehead atoms. The van der Waals surface area contributed by atoms with Gasteiger partial charge in [0.15, 0.2) is 0 Å². The highest BCUT2D eigenvalue weighted by atomic mass is 32.2. The molecule has 0 amide bonds. The monoisotopic (exact) mass is 369 g/mol. The van der Waals surface area contributed by atoms with Crippen LogP contribution in [0.4, 0.5) is 11.6 Å². The van der Waals surface area contributed by atoms with Gasteiger partial charge in [-0.15, -0.1) is 5.92 Å². The lowest BCUT2D eigenvalue weighted by Crippen LogP contribution is -2.50. The maximum atomic E-state index is 9.65. The Kier molecular flexibility index (Phi) is 5.99. The van der Waals surface area contributed by atoms with Crippen molar-refractivity contribution >= 4 is 23.6 Å². The van der Waals surface area contributed by atoms with Gasteiger partial charge in [-0.2, -0.15) is 0 Å². The summed E-state index contributed by atoms with van der Waals surface area (Å²) in [5.41, 5.74) is 6.47. The molecule has 3 rings (SSSR count). The van der Waals surface area contributed by atoms with Gasteiger partial charge in [0.25, 0.3) is 0 Å². The van der Waals surface area contributed by atoms with Crippen molar-refractivity contribution < 1.29 is 5.11 Å². The minimum atomic E-state index is -0.510. The van der Waals surface area contributed by atoms with Gasteiger partial charge in [-0.05, 0) is 49.6 Å². The summed E-state index contributed by atoms with van der Waals surface area (Å²) in [6.07, 6.45) is 3.02. The van der Waals surface area contributed by atoms with Crippen LogP contribution in [0.25, 0.3) is 0 Å². The van der Waals surface area contributed by atoms with Crippen LogP contribution in [0.5, 0.6) is 0 Å². The van der Waals surface area contributed by atoms with Gasteiger partial charge in [0.2, 0.25) is 0 Å². The van der Waals surface area contributed by atoms with Crippen LogP contribution in [0.15, 0.2) is 41.6 Å². The Hall–Kier alpha value is -2.27. The topological polar surface area (TPSA) is 78.5 Å². The third kappa shape index (κ3) is 4.47. The fourth-order valence-corrected chi connectivity index (χ4v) is 3.73. The molecule has 1 fully saturated rings. The number of aliphatic hydroxyl groups excluding tert-OH is 1. The second kappa shape index (κ2) is 8.41. The van der Waals surface area contributed by atoms with Crippen LogP contribution in [-0.2, 0) is 0 Å². The van der Waals surface area contributed by atoms with E-state index in [1.54, 1.807) is 31.3 Å². The van der Waals surface area contributed by atoms with Crippen molar-refractivity contribution in [2.24, 2.45) is 0 Å². The molecule has 1 aliphatic rings. The number of rotatable bonds is 4. The summed E-state index contributed by atoms with van der Waals surface area (Å²) in [7, 11) is 0. The molecule has 0 aliphatic carbocycles. The maximum Gasteiger partial charge on any atom is 0.129 e. The predicted molar refractivity (Wildman–Crippen MR) is 106 cm³/mol. The highest BCUT2D eigenvalue weighted by Gasteiger charge is 2.27. The van der Waals surface area contributed by atoms with Gasteiger partial charge in [0.1, 0.15) is 17.7 Å². The smallest absolute Gasteiger partial charge is 0.129 e. The van der Waals surface area contributed by atoms with Gasteiger partial charge in [0.05, 0.1) is 6.10 Å². The zero-order valence-corrected chi connectivity index (χ0v) is 15.8. The average Bonchev–Trinajstić information content (AvgIpc) is 2.64. The van der Waals surface area contributed by atoms with Crippen LogP contribution in [0.3, 0.4) is 0 Å². The highest BCUT2D eigenvalue weighted by molar-refractivity contribution is 7.97. The molecule has 1 aliphatic heterocycles. The van der Waals surface area contributed by atoms with Crippen molar-refractivity contribution in [3.8, 4) is 11.8 Å². The summed E-state index contributed by atoms with van der Waals surface area (Å²) in [4.78, 5) is 12.0. The number of pyridine rings is 2. The van der Waals surface area contributed by atoms with E-state index < -0.39 is 6.10 Å². The van der Waals surface area contributed by atoms with E-state index in [0.29, 0.717) is 5.82 Å². The second-order valence-electron chi connectivity index (χ2n) is 6.13. The molecule has 3 heterocycles. The summed E-state index contributed by atoms with van der Waals surface area (Å²) in [5, 5.41) is 9.65. The molecule has 0 aromatic carbocycles. The molecule has 136 valence electrons. The SMILES string of the molecule is CC#C[C@@H]1CN(Sc2ccc(N)nc2)CCN1c1ccc(C(C)O)cn1. The van der Waals surface area contributed by atoms with E-state index in [9.17, 15) is 5.11 Å². The standard InChI is InChI=1S/C19H23N5OS/c1-3-4-16-13-23(26-17-6-7-18(20)21-12-17)9-10-24(16)19-8-5-15(11-22-19)14(2)25/h5-8,11-12,14,16,25H,9-10,13H2,1-2H3,(H2,20,21)/t14?,16-/m1/s1. The summed E-state index contributed by atoms with van der Waals surface area (Å²) in [5.74, 6) is 7.74. The van der Waals surface area contributed by atoms with Gasteiger partial charge in [0, 0.05) is 36.9 Å². The first-order chi connectivity index (χ1) is 12.6. The largest absolute Gasteiger partial charge is 0.389 e. The number of anilines is 2. The van der Waals surface area contributed by atoms with Crippen molar-refractivity contribution in [3.63, 3.8) is 0 Å². The molecular formula is C19H23N5OS.